The molecule has 2 heterocycles. The predicted octanol–water partition coefficient (Wildman–Crippen LogP) is 1.72. The van der Waals surface area contributed by atoms with Gasteiger partial charge in [0.05, 0.1) is 15.8 Å². The van der Waals surface area contributed by atoms with E-state index in [0.29, 0.717) is 22.6 Å². The summed E-state index contributed by atoms with van der Waals surface area (Å²) in [7, 11) is 0. The van der Waals surface area contributed by atoms with Crippen LogP contribution in [-0.2, 0) is 5.72 Å². The van der Waals surface area contributed by atoms with Crippen LogP contribution in [0.4, 0.5) is 0 Å². The number of fused-ring (bicyclic) bond motifs is 3. The van der Waals surface area contributed by atoms with Gasteiger partial charge in [-0.05, 0) is 31.7 Å². The van der Waals surface area contributed by atoms with Crippen LogP contribution in [0.3, 0.4) is 0 Å². The summed E-state index contributed by atoms with van der Waals surface area (Å²) in [5, 5.41) is 20.7. The summed E-state index contributed by atoms with van der Waals surface area (Å²) in [4.78, 5) is 12.1. The highest BCUT2D eigenvalue weighted by atomic mass is 32.2. The molecule has 0 spiro atoms. The number of nitrogens with zero attached hydrogens (tertiary/aromatic N) is 2. The van der Waals surface area contributed by atoms with E-state index in [4.69, 9.17) is 0 Å². The number of pyridine rings is 1. The van der Waals surface area contributed by atoms with Crippen molar-refractivity contribution < 1.29 is 5.11 Å². The second-order valence-electron chi connectivity index (χ2n) is 5.02. The smallest absolute Gasteiger partial charge is 0.254 e. The predicted molar refractivity (Wildman–Crippen MR) is 68.5 cm³/mol. The zero-order valence-corrected chi connectivity index (χ0v) is 11.0. The lowest BCUT2D eigenvalue weighted by Gasteiger charge is -2.34. The second-order valence-corrected chi connectivity index (χ2v) is 6.22. The third kappa shape index (κ3) is 1.39. The molecule has 0 saturated heterocycles. The number of hydrogen-bond donors (Lipinski definition) is 1. The van der Waals surface area contributed by atoms with Crippen LogP contribution >= 0.6 is 11.8 Å². The van der Waals surface area contributed by atoms with E-state index in [1.807, 2.05) is 0 Å². The highest BCUT2D eigenvalue weighted by Crippen LogP contribution is 2.50. The topological polar surface area (TPSA) is 66.0 Å². The third-order valence-corrected chi connectivity index (χ3v) is 5.41. The molecule has 94 valence electrons. The molecule has 4 nitrogen and oxygen atoms in total. The molecule has 2 atom stereocenters. The van der Waals surface area contributed by atoms with Crippen LogP contribution in [0.1, 0.15) is 36.8 Å². The number of rotatable bonds is 0. The standard InChI is InChI=1S/C13H14N2O2S/c1-8-6-11(16)15-12(9(8)7-14)18-10-4-2-3-5-13(10,15)17/h6,10,17H,2-5H2,1H3/t10-,13+/m0/s1. The monoisotopic (exact) mass is 262 g/mol. The molecule has 18 heavy (non-hydrogen) atoms. The van der Waals surface area contributed by atoms with Crippen LogP contribution in [0, 0.1) is 18.3 Å². The molecule has 1 aromatic rings. The molecule has 1 N–H and O–H groups in total. The molecule has 0 radical (unpaired) electrons. The number of aromatic nitrogens is 1. The van der Waals surface area contributed by atoms with Gasteiger partial charge < -0.3 is 5.11 Å². The van der Waals surface area contributed by atoms with Gasteiger partial charge in [-0.2, -0.15) is 5.26 Å². The van der Waals surface area contributed by atoms with Crippen molar-refractivity contribution in [3.63, 3.8) is 0 Å². The maximum atomic E-state index is 12.1. The van der Waals surface area contributed by atoms with Crippen molar-refractivity contribution in [2.75, 3.05) is 0 Å². The molecule has 1 saturated carbocycles. The fourth-order valence-electron chi connectivity index (χ4n) is 2.97. The normalized spacial score (nSPS) is 29.5. The lowest BCUT2D eigenvalue weighted by Crippen LogP contribution is -2.46. The van der Waals surface area contributed by atoms with Gasteiger partial charge in [-0.3, -0.25) is 9.36 Å². The molecule has 3 rings (SSSR count). The second kappa shape index (κ2) is 3.87. The average Bonchev–Trinajstić information content (AvgIpc) is 2.62. The van der Waals surface area contributed by atoms with Gasteiger partial charge in [0.2, 0.25) is 0 Å². The number of aryl methyl sites for hydroxylation is 1. The maximum absolute atomic E-state index is 12.1. The lowest BCUT2D eigenvalue weighted by atomic mass is 9.90. The van der Waals surface area contributed by atoms with Crippen LogP contribution in [0.5, 0.6) is 0 Å². The van der Waals surface area contributed by atoms with E-state index in [9.17, 15) is 15.2 Å². The first kappa shape index (κ1) is 11.8. The quantitative estimate of drug-likeness (QED) is 0.773. The molecule has 1 aliphatic carbocycles. The first-order valence-corrected chi connectivity index (χ1v) is 7.02. The number of hydrogen-bond acceptors (Lipinski definition) is 4. The summed E-state index contributed by atoms with van der Waals surface area (Å²) in [6.45, 7) is 1.77. The van der Waals surface area contributed by atoms with Crippen molar-refractivity contribution in [1.29, 1.82) is 5.26 Å². The minimum Gasteiger partial charge on any atom is -0.369 e. The highest BCUT2D eigenvalue weighted by Gasteiger charge is 2.49. The summed E-state index contributed by atoms with van der Waals surface area (Å²) in [6.07, 6.45) is 3.50. The highest BCUT2D eigenvalue weighted by molar-refractivity contribution is 8.00. The molecular formula is C13H14N2O2S. The van der Waals surface area contributed by atoms with Crippen LogP contribution in [-0.4, -0.2) is 14.9 Å². The van der Waals surface area contributed by atoms with Crippen molar-refractivity contribution in [2.24, 2.45) is 0 Å². The molecular weight excluding hydrogens is 248 g/mol. The zero-order valence-electron chi connectivity index (χ0n) is 10.1. The van der Waals surface area contributed by atoms with Crippen LogP contribution < -0.4 is 5.56 Å². The van der Waals surface area contributed by atoms with Crippen molar-refractivity contribution in [3.05, 3.63) is 27.5 Å². The molecule has 0 aromatic carbocycles. The summed E-state index contributed by atoms with van der Waals surface area (Å²) in [5.41, 5.74) is -0.0546. The van der Waals surface area contributed by atoms with Crippen LogP contribution in [0.15, 0.2) is 15.9 Å². The van der Waals surface area contributed by atoms with Gasteiger partial charge in [0.1, 0.15) is 6.07 Å². The molecule has 1 aromatic heterocycles. The van der Waals surface area contributed by atoms with Gasteiger partial charge in [-0.25, -0.2) is 0 Å². The van der Waals surface area contributed by atoms with E-state index in [1.54, 1.807) is 6.92 Å². The average molecular weight is 262 g/mol. The molecule has 1 fully saturated rings. The SMILES string of the molecule is Cc1cc(=O)n2c(c1C#N)S[C@H]1CCCC[C@@]12O. The summed E-state index contributed by atoms with van der Waals surface area (Å²) in [5.74, 6) is 0. The summed E-state index contributed by atoms with van der Waals surface area (Å²) < 4.78 is 1.45. The van der Waals surface area contributed by atoms with Gasteiger partial charge in [0, 0.05) is 6.07 Å². The van der Waals surface area contributed by atoms with Crippen molar-refractivity contribution in [1.82, 2.24) is 4.57 Å². The van der Waals surface area contributed by atoms with E-state index in [1.165, 1.54) is 22.4 Å². The minimum atomic E-state index is -1.09. The van der Waals surface area contributed by atoms with Gasteiger partial charge >= 0.3 is 0 Å². The fourth-order valence-corrected chi connectivity index (χ4v) is 4.61. The fraction of sp³-hybridized carbons (Fsp3) is 0.538. The summed E-state index contributed by atoms with van der Waals surface area (Å²) in [6, 6.07) is 3.61. The lowest BCUT2D eigenvalue weighted by molar-refractivity contribution is -0.0654. The Bertz CT molecular complexity index is 617. The Kier molecular flexibility index (Phi) is 2.54. The largest absolute Gasteiger partial charge is 0.369 e. The molecule has 0 unspecified atom stereocenters. The van der Waals surface area contributed by atoms with E-state index in [0.717, 1.165) is 19.3 Å². The zero-order chi connectivity index (χ0) is 12.9. The van der Waals surface area contributed by atoms with E-state index in [-0.39, 0.29) is 10.8 Å². The van der Waals surface area contributed by atoms with Gasteiger partial charge in [-0.1, -0.05) is 18.2 Å². The minimum absolute atomic E-state index is 0.00727. The van der Waals surface area contributed by atoms with Crippen molar-refractivity contribution in [3.8, 4) is 6.07 Å². The number of thioether (sulfide) groups is 1. The first-order chi connectivity index (χ1) is 8.58. The van der Waals surface area contributed by atoms with E-state index >= 15 is 0 Å². The van der Waals surface area contributed by atoms with E-state index in [2.05, 4.69) is 6.07 Å². The number of aliphatic hydroxyl groups is 1. The molecule has 1 aliphatic heterocycles. The Labute approximate surface area is 109 Å². The Morgan fingerprint density at radius 1 is 1.61 bits per heavy atom. The third-order valence-electron chi connectivity index (χ3n) is 3.90. The van der Waals surface area contributed by atoms with Crippen molar-refractivity contribution >= 4 is 11.8 Å². The number of nitriles is 1. The molecule has 0 amide bonds. The van der Waals surface area contributed by atoms with Gasteiger partial charge in [-0.15, -0.1) is 0 Å². The Morgan fingerprint density at radius 2 is 2.39 bits per heavy atom. The van der Waals surface area contributed by atoms with Crippen molar-refractivity contribution in [2.45, 2.75) is 48.6 Å². The Hall–Kier alpha value is -1.25. The van der Waals surface area contributed by atoms with Gasteiger partial charge in [0.15, 0.2) is 5.72 Å². The summed E-state index contributed by atoms with van der Waals surface area (Å²) >= 11 is 1.49. The van der Waals surface area contributed by atoms with Crippen LogP contribution in [0.2, 0.25) is 0 Å². The van der Waals surface area contributed by atoms with Crippen LogP contribution in [0.25, 0.3) is 0 Å². The Balaban J connectivity index is 2.29. The molecule has 2 aliphatic rings. The molecule has 5 heteroatoms. The van der Waals surface area contributed by atoms with Gasteiger partial charge in [0.25, 0.3) is 5.56 Å². The Morgan fingerprint density at radius 3 is 3.11 bits per heavy atom. The maximum Gasteiger partial charge on any atom is 0.254 e. The molecule has 0 bridgehead atoms. The van der Waals surface area contributed by atoms with E-state index < -0.39 is 5.72 Å². The first-order valence-electron chi connectivity index (χ1n) is 6.14.